The SMILES string of the molecule is Brc1ccc(C[N@+]23CC[C@@]45c6ccccc6N6[C@@H]7OCC=C8C[N@+]9(Cc%10ccc(Br)cc%10)CC[C@]%10%11c%12ccccc%12N([C@@H]%12OCC=C(C2)[C@H](C[C@@H]43)[C@@H]%12[C@H]65)[C@H]%10[C@H]7[C@H]8C[C@@H]%119)cc1. The Morgan fingerprint density at radius 3 is 1.45 bits per heavy atom. The van der Waals surface area contributed by atoms with Gasteiger partial charge in [-0.2, -0.15) is 0 Å². The highest BCUT2D eigenvalue weighted by Crippen LogP contribution is 2.73. The van der Waals surface area contributed by atoms with Crippen molar-refractivity contribution in [2.75, 3.05) is 49.2 Å². The zero-order valence-corrected chi connectivity index (χ0v) is 37.2. The fourth-order valence-corrected chi connectivity index (χ4v) is 18.3. The van der Waals surface area contributed by atoms with Crippen LogP contribution in [0, 0.1) is 23.7 Å². The minimum atomic E-state index is 0.00502. The number of rotatable bonds is 4. The first kappa shape index (κ1) is 35.2. The smallest absolute Gasteiger partial charge is 0.136 e. The number of hydrogen-bond donors (Lipinski definition) is 0. The molecule has 2 aliphatic carbocycles. The molecule has 6 nitrogen and oxygen atoms in total. The molecule has 15 rings (SSSR count). The van der Waals surface area contributed by atoms with Crippen molar-refractivity contribution in [3.63, 3.8) is 0 Å². The molecule has 2 spiro atoms. The first-order chi connectivity index (χ1) is 29.4. The fourth-order valence-electron chi connectivity index (χ4n) is 17.7. The lowest BCUT2D eigenvalue weighted by Crippen LogP contribution is -2.78. The number of fused-ring (bicyclic) bond motifs is 6. The van der Waals surface area contributed by atoms with E-state index < -0.39 is 0 Å². The largest absolute Gasteiger partial charge is 0.354 e. The van der Waals surface area contributed by atoms with Crippen molar-refractivity contribution >= 4 is 43.2 Å². The second kappa shape index (κ2) is 11.9. The van der Waals surface area contributed by atoms with E-state index in [0.717, 1.165) is 35.1 Å². The molecule has 8 heteroatoms. The lowest BCUT2D eigenvalue weighted by Gasteiger charge is -2.65. The molecule has 2 saturated carbocycles. The number of benzene rings is 4. The summed E-state index contributed by atoms with van der Waals surface area (Å²) in [6, 6.07) is 39.8. The Bertz CT molecular complexity index is 2400. The van der Waals surface area contributed by atoms with Gasteiger partial charge in [0.1, 0.15) is 50.7 Å². The summed E-state index contributed by atoms with van der Waals surface area (Å²) in [4.78, 5) is 6.01. The summed E-state index contributed by atoms with van der Waals surface area (Å²) in [7, 11) is 0. The molecule has 14 atom stereocenters. The van der Waals surface area contributed by atoms with Gasteiger partial charge in [0.25, 0.3) is 0 Å². The first-order valence-corrected chi connectivity index (χ1v) is 24.6. The summed E-state index contributed by atoms with van der Waals surface area (Å²) in [5.74, 6) is 1.66. The molecule has 0 radical (unpaired) electrons. The van der Waals surface area contributed by atoms with Crippen LogP contribution in [0.4, 0.5) is 11.4 Å². The van der Waals surface area contributed by atoms with Crippen LogP contribution in [0.1, 0.15) is 47.9 Å². The topological polar surface area (TPSA) is 24.9 Å². The number of quaternary nitrogens is 2. The van der Waals surface area contributed by atoms with E-state index in [1.54, 1.807) is 22.3 Å². The molecule has 9 aliphatic heterocycles. The average molecular weight is 925 g/mol. The minimum absolute atomic E-state index is 0.00502. The van der Waals surface area contributed by atoms with E-state index in [9.17, 15) is 0 Å². The van der Waals surface area contributed by atoms with Gasteiger partial charge in [-0.3, -0.25) is 0 Å². The van der Waals surface area contributed by atoms with Gasteiger partial charge in [-0.05, 0) is 58.7 Å². The monoisotopic (exact) mass is 922 g/mol. The van der Waals surface area contributed by atoms with Crippen molar-refractivity contribution in [3.05, 3.63) is 152 Å². The number of anilines is 2. The predicted molar refractivity (Wildman–Crippen MR) is 240 cm³/mol. The lowest BCUT2D eigenvalue weighted by molar-refractivity contribution is -0.955. The molecule has 4 aromatic carbocycles. The van der Waals surface area contributed by atoms with Gasteiger partial charge in [-0.25, -0.2) is 0 Å². The third-order valence-corrected chi connectivity index (χ3v) is 20.3. The number of halogens is 2. The van der Waals surface area contributed by atoms with Crippen LogP contribution in [0.25, 0.3) is 0 Å². The molecular formula is C52H52Br2N4O2+2. The van der Waals surface area contributed by atoms with E-state index in [4.69, 9.17) is 9.47 Å². The summed E-state index contributed by atoms with van der Waals surface area (Å²) >= 11 is 7.48. The highest BCUT2D eigenvalue weighted by molar-refractivity contribution is 9.10. The van der Waals surface area contributed by atoms with E-state index in [0.29, 0.717) is 61.1 Å². The van der Waals surface area contributed by atoms with Gasteiger partial charge in [0.05, 0.1) is 49.2 Å². The number of ether oxygens (including phenoxy) is 2. The lowest BCUT2D eigenvalue weighted by atomic mass is 9.52. The van der Waals surface area contributed by atoms with Crippen LogP contribution < -0.4 is 9.80 Å². The zero-order chi connectivity index (χ0) is 39.3. The highest BCUT2D eigenvalue weighted by atomic mass is 79.9. The molecule has 9 heterocycles. The standard InChI is InChI=1S/C52H52Br2N4O2/c53-35-13-9-31(10-14-35)27-57-21-19-51-39-5-1-3-7-41(39)55-47(51)45-37(25-43(51)57)33(29-57)18-24-60-50(45)56-42-8-4-2-6-40(42)52-20-22-58(28-32-11-15-36(54)16-12-32)30-34-17-23-59-49(55)46(48(52)56)38(34)26-44(52)58/h1-18,37-38,43-50H,19-30H2/q+2/t37-,38-,43-,44-,45+,46+,47-,48-,49+,50+,51+,52+,57+,58+/m0/s1. The Hall–Kier alpha value is -3.24. The normalized spacial score (nSPS) is 43.6. The van der Waals surface area contributed by atoms with Crippen molar-refractivity contribution in [3.8, 4) is 0 Å². The van der Waals surface area contributed by atoms with Crippen LogP contribution in [-0.4, -0.2) is 85.0 Å². The van der Waals surface area contributed by atoms with Crippen LogP contribution in [0.5, 0.6) is 0 Å². The third-order valence-electron chi connectivity index (χ3n) is 19.3. The van der Waals surface area contributed by atoms with E-state index >= 15 is 0 Å². The van der Waals surface area contributed by atoms with Crippen molar-refractivity contribution in [1.82, 2.24) is 0 Å². The van der Waals surface area contributed by atoms with Gasteiger partial charge in [-0.15, -0.1) is 0 Å². The van der Waals surface area contributed by atoms with Crippen molar-refractivity contribution in [2.24, 2.45) is 23.7 Å². The van der Waals surface area contributed by atoms with Gasteiger partial charge in [0, 0.05) is 80.8 Å². The Morgan fingerprint density at radius 2 is 1.00 bits per heavy atom. The van der Waals surface area contributed by atoms with E-state index in [-0.39, 0.29) is 23.3 Å². The quantitative estimate of drug-likeness (QED) is 0.151. The number of para-hydroxylation sites is 2. The zero-order valence-electron chi connectivity index (χ0n) is 34.0. The maximum absolute atomic E-state index is 7.67. The molecule has 304 valence electrons. The molecule has 11 aliphatic rings. The second-order valence-electron chi connectivity index (χ2n) is 21.0. The van der Waals surface area contributed by atoms with Gasteiger partial charge < -0.3 is 28.2 Å². The van der Waals surface area contributed by atoms with E-state index in [2.05, 4.69) is 151 Å². The molecule has 5 saturated heterocycles. The molecule has 4 aromatic rings. The maximum atomic E-state index is 7.67. The summed E-state index contributed by atoms with van der Waals surface area (Å²) in [6.45, 7) is 8.34. The maximum Gasteiger partial charge on any atom is 0.136 e. The van der Waals surface area contributed by atoms with Gasteiger partial charge in [-0.1, -0.05) is 105 Å². The number of hydrogen-bond acceptors (Lipinski definition) is 4. The van der Waals surface area contributed by atoms with Gasteiger partial charge in [0.15, 0.2) is 0 Å². The van der Waals surface area contributed by atoms with Crippen LogP contribution >= 0.6 is 31.9 Å². The van der Waals surface area contributed by atoms with Crippen LogP contribution in [0.3, 0.4) is 0 Å². The van der Waals surface area contributed by atoms with E-state index in [1.165, 1.54) is 70.2 Å². The molecule has 60 heavy (non-hydrogen) atoms. The molecule has 7 fully saturated rings. The summed E-state index contributed by atoms with van der Waals surface area (Å²) in [5.41, 5.74) is 12.5. The van der Waals surface area contributed by atoms with Crippen molar-refractivity contribution in [1.29, 1.82) is 0 Å². The van der Waals surface area contributed by atoms with Crippen molar-refractivity contribution < 1.29 is 18.4 Å². The molecule has 0 aromatic heterocycles. The Morgan fingerprint density at radius 1 is 0.567 bits per heavy atom. The van der Waals surface area contributed by atoms with Crippen molar-refractivity contribution in [2.45, 2.75) is 86.2 Å². The molecule has 0 N–H and O–H groups in total. The Kier molecular flexibility index (Phi) is 6.96. The van der Waals surface area contributed by atoms with Gasteiger partial charge >= 0.3 is 0 Å². The molecule has 0 unspecified atom stereocenters. The Labute approximate surface area is 370 Å². The molecular weight excluding hydrogens is 872 g/mol. The predicted octanol–water partition coefficient (Wildman–Crippen LogP) is 9.22. The summed E-state index contributed by atoms with van der Waals surface area (Å²) in [5, 5.41) is 0. The minimum Gasteiger partial charge on any atom is -0.354 e. The Balaban J connectivity index is 0.961. The number of piperidine rings is 2. The third kappa shape index (κ3) is 4.09. The van der Waals surface area contributed by atoms with Crippen LogP contribution in [0.2, 0.25) is 0 Å². The fraction of sp³-hybridized carbons (Fsp3) is 0.462. The van der Waals surface area contributed by atoms with Crippen LogP contribution in [-0.2, 0) is 33.4 Å². The first-order valence-electron chi connectivity index (χ1n) is 23.0. The summed E-state index contributed by atoms with van der Waals surface area (Å²) in [6.07, 6.45) is 10.1. The van der Waals surface area contributed by atoms with Crippen LogP contribution in [0.15, 0.2) is 129 Å². The van der Waals surface area contributed by atoms with E-state index in [1.807, 2.05) is 0 Å². The second-order valence-corrected chi connectivity index (χ2v) is 22.8. The molecule has 0 amide bonds. The average Bonchev–Trinajstić information content (AvgIpc) is 3.88. The highest BCUT2D eigenvalue weighted by Gasteiger charge is 2.81. The molecule has 4 bridgehead atoms. The van der Waals surface area contributed by atoms with Gasteiger partial charge in [0.2, 0.25) is 0 Å². The summed E-state index contributed by atoms with van der Waals surface area (Å²) < 4.78 is 20.0. The number of nitrogens with zero attached hydrogens (tertiary/aromatic N) is 4.